The first-order chi connectivity index (χ1) is 10.7. The molecular weight excluding hydrogens is 302 g/mol. The van der Waals surface area contributed by atoms with Crippen molar-refractivity contribution >= 4 is 17.4 Å². The van der Waals surface area contributed by atoms with Crippen molar-refractivity contribution < 1.29 is 4.74 Å². The standard InChI is InChI=1S/C15H16ClN5O/c1-10-18-19-14-9-17-15(20-4-6-22-7-5-20)12-8-11(16)2-3-13(12)21(10)14/h2-3,8H,4-7,9H2,1H3. The molecule has 22 heavy (non-hydrogen) atoms. The van der Waals surface area contributed by atoms with E-state index in [1.165, 1.54) is 0 Å². The zero-order valence-corrected chi connectivity index (χ0v) is 13.0. The van der Waals surface area contributed by atoms with Crippen molar-refractivity contribution in [2.45, 2.75) is 13.5 Å². The van der Waals surface area contributed by atoms with Crippen molar-refractivity contribution in [3.63, 3.8) is 0 Å². The molecule has 2 aliphatic heterocycles. The Balaban J connectivity index is 1.89. The zero-order valence-electron chi connectivity index (χ0n) is 12.3. The number of aryl methyl sites for hydroxylation is 1. The minimum atomic E-state index is 0.514. The van der Waals surface area contributed by atoms with Crippen molar-refractivity contribution in [3.8, 4) is 5.69 Å². The summed E-state index contributed by atoms with van der Waals surface area (Å²) >= 11 is 6.24. The number of aliphatic imine (C=N–C) groups is 1. The van der Waals surface area contributed by atoms with E-state index < -0.39 is 0 Å². The molecule has 0 atom stereocenters. The van der Waals surface area contributed by atoms with Crippen LogP contribution in [0.25, 0.3) is 5.69 Å². The molecule has 2 aromatic rings. The van der Waals surface area contributed by atoms with E-state index in [-0.39, 0.29) is 0 Å². The third-order valence-corrected chi connectivity index (χ3v) is 4.25. The summed E-state index contributed by atoms with van der Waals surface area (Å²) in [6.07, 6.45) is 0. The van der Waals surface area contributed by atoms with E-state index in [4.69, 9.17) is 21.3 Å². The summed E-state index contributed by atoms with van der Waals surface area (Å²) in [4.78, 5) is 7.05. The quantitative estimate of drug-likeness (QED) is 0.744. The largest absolute Gasteiger partial charge is 0.378 e. The molecule has 0 N–H and O–H groups in total. The highest BCUT2D eigenvalue weighted by molar-refractivity contribution is 6.31. The maximum absolute atomic E-state index is 6.24. The molecule has 114 valence electrons. The van der Waals surface area contributed by atoms with E-state index in [9.17, 15) is 0 Å². The number of fused-ring (bicyclic) bond motifs is 3. The van der Waals surface area contributed by atoms with E-state index in [0.717, 1.165) is 55.0 Å². The Morgan fingerprint density at radius 1 is 1.18 bits per heavy atom. The lowest BCUT2D eigenvalue weighted by atomic mass is 10.1. The van der Waals surface area contributed by atoms with Gasteiger partial charge in [-0.1, -0.05) is 11.6 Å². The number of benzene rings is 1. The topological polar surface area (TPSA) is 55.5 Å². The van der Waals surface area contributed by atoms with Crippen LogP contribution in [-0.4, -0.2) is 51.8 Å². The zero-order chi connectivity index (χ0) is 15.1. The van der Waals surface area contributed by atoms with Gasteiger partial charge in [-0.3, -0.25) is 9.56 Å². The van der Waals surface area contributed by atoms with Crippen LogP contribution in [0.15, 0.2) is 23.2 Å². The predicted octanol–water partition coefficient (Wildman–Crippen LogP) is 1.82. The van der Waals surface area contributed by atoms with Gasteiger partial charge in [0.05, 0.1) is 18.9 Å². The molecule has 0 spiro atoms. The van der Waals surface area contributed by atoms with Crippen LogP contribution >= 0.6 is 11.6 Å². The Bertz CT molecular complexity index is 748. The third-order valence-electron chi connectivity index (χ3n) is 4.01. The van der Waals surface area contributed by atoms with Gasteiger partial charge in [-0.25, -0.2) is 0 Å². The van der Waals surface area contributed by atoms with Crippen LogP contribution in [0.5, 0.6) is 0 Å². The molecule has 1 aromatic heterocycles. The van der Waals surface area contributed by atoms with Gasteiger partial charge in [0.2, 0.25) is 0 Å². The fourth-order valence-corrected chi connectivity index (χ4v) is 3.15. The molecule has 0 bridgehead atoms. The summed E-state index contributed by atoms with van der Waals surface area (Å²) in [5.74, 6) is 2.67. The molecule has 1 saturated heterocycles. The van der Waals surface area contributed by atoms with E-state index in [2.05, 4.69) is 19.7 Å². The van der Waals surface area contributed by atoms with Crippen LogP contribution in [0.2, 0.25) is 5.02 Å². The number of hydrogen-bond donors (Lipinski definition) is 0. The summed E-state index contributed by atoms with van der Waals surface area (Å²) in [7, 11) is 0. The summed E-state index contributed by atoms with van der Waals surface area (Å²) in [6, 6.07) is 5.88. The first-order valence-corrected chi connectivity index (χ1v) is 7.70. The maximum atomic E-state index is 6.24. The Morgan fingerprint density at radius 3 is 2.82 bits per heavy atom. The highest BCUT2D eigenvalue weighted by Crippen LogP contribution is 2.27. The molecular formula is C15H16ClN5O. The number of hydrogen-bond acceptors (Lipinski definition) is 5. The lowest BCUT2D eigenvalue weighted by Crippen LogP contribution is -2.41. The molecule has 6 nitrogen and oxygen atoms in total. The molecule has 4 rings (SSSR count). The van der Waals surface area contributed by atoms with Crippen LogP contribution in [0.4, 0.5) is 0 Å². The summed E-state index contributed by atoms with van der Waals surface area (Å²) < 4.78 is 7.51. The van der Waals surface area contributed by atoms with Crippen LogP contribution in [0.3, 0.4) is 0 Å². The molecule has 0 radical (unpaired) electrons. The van der Waals surface area contributed by atoms with Crippen molar-refractivity contribution in [2.75, 3.05) is 26.3 Å². The summed E-state index contributed by atoms with van der Waals surface area (Å²) in [6.45, 7) is 5.59. The van der Waals surface area contributed by atoms with Gasteiger partial charge in [-0.05, 0) is 25.1 Å². The minimum Gasteiger partial charge on any atom is -0.378 e. The highest BCUT2D eigenvalue weighted by atomic mass is 35.5. The Labute approximate surface area is 133 Å². The van der Waals surface area contributed by atoms with Crippen molar-refractivity contribution in [1.82, 2.24) is 19.7 Å². The van der Waals surface area contributed by atoms with Crippen LogP contribution in [-0.2, 0) is 11.3 Å². The van der Waals surface area contributed by atoms with Crippen LogP contribution in [0.1, 0.15) is 17.2 Å². The van der Waals surface area contributed by atoms with E-state index in [1.807, 2.05) is 25.1 Å². The van der Waals surface area contributed by atoms with Gasteiger partial charge in [-0.2, -0.15) is 0 Å². The van der Waals surface area contributed by atoms with E-state index in [1.54, 1.807) is 0 Å². The van der Waals surface area contributed by atoms with Crippen LogP contribution < -0.4 is 0 Å². The third kappa shape index (κ3) is 2.19. The maximum Gasteiger partial charge on any atom is 0.159 e. The van der Waals surface area contributed by atoms with Crippen molar-refractivity contribution in [2.24, 2.45) is 4.99 Å². The molecule has 2 aliphatic rings. The molecule has 3 heterocycles. The predicted molar refractivity (Wildman–Crippen MR) is 83.7 cm³/mol. The summed E-state index contributed by atoms with van der Waals surface area (Å²) in [5, 5.41) is 9.13. The van der Waals surface area contributed by atoms with Gasteiger partial charge in [0.1, 0.15) is 18.2 Å². The second-order valence-corrected chi connectivity index (χ2v) is 5.84. The lowest BCUT2D eigenvalue weighted by molar-refractivity contribution is 0.0682. The Hall–Kier alpha value is -1.92. The number of halogens is 1. The first kappa shape index (κ1) is 13.7. The second-order valence-electron chi connectivity index (χ2n) is 5.40. The van der Waals surface area contributed by atoms with Crippen LogP contribution in [0, 0.1) is 6.92 Å². The molecule has 0 amide bonds. The van der Waals surface area contributed by atoms with Gasteiger partial charge in [0.15, 0.2) is 5.82 Å². The SMILES string of the molecule is Cc1nnc2n1-c1ccc(Cl)cc1C(N1CCOCC1)=NC2. The number of amidine groups is 1. The average molecular weight is 318 g/mol. The normalized spacial score (nSPS) is 17.5. The molecule has 1 fully saturated rings. The fraction of sp³-hybridized carbons (Fsp3) is 0.400. The molecule has 0 aliphatic carbocycles. The fourth-order valence-electron chi connectivity index (χ4n) is 2.98. The monoisotopic (exact) mass is 317 g/mol. The summed E-state index contributed by atoms with van der Waals surface area (Å²) in [5.41, 5.74) is 2.06. The minimum absolute atomic E-state index is 0.514. The molecule has 7 heteroatoms. The highest BCUT2D eigenvalue weighted by Gasteiger charge is 2.25. The number of morpholine rings is 1. The smallest absolute Gasteiger partial charge is 0.159 e. The molecule has 1 aromatic carbocycles. The Morgan fingerprint density at radius 2 is 2.00 bits per heavy atom. The second kappa shape index (κ2) is 5.37. The van der Waals surface area contributed by atoms with Crippen molar-refractivity contribution in [1.29, 1.82) is 0 Å². The number of nitrogens with zero attached hydrogens (tertiary/aromatic N) is 5. The Kier molecular flexibility index (Phi) is 3.35. The van der Waals surface area contributed by atoms with Gasteiger partial charge in [0.25, 0.3) is 0 Å². The first-order valence-electron chi connectivity index (χ1n) is 7.32. The van der Waals surface area contributed by atoms with Gasteiger partial charge >= 0.3 is 0 Å². The van der Waals surface area contributed by atoms with Gasteiger partial charge in [0, 0.05) is 23.7 Å². The van der Waals surface area contributed by atoms with Gasteiger partial charge < -0.3 is 9.64 Å². The number of aromatic nitrogens is 3. The number of rotatable bonds is 0. The van der Waals surface area contributed by atoms with Crippen molar-refractivity contribution in [3.05, 3.63) is 40.4 Å². The van der Waals surface area contributed by atoms with E-state index >= 15 is 0 Å². The van der Waals surface area contributed by atoms with Gasteiger partial charge in [-0.15, -0.1) is 10.2 Å². The lowest BCUT2D eigenvalue weighted by Gasteiger charge is -2.30. The average Bonchev–Trinajstić information content (AvgIpc) is 2.82. The molecule has 0 saturated carbocycles. The number of ether oxygens (including phenoxy) is 1. The van der Waals surface area contributed by atoms with E-state index in [0.29, 0.717) is 11.6 Å². The molecule has 0 unspecified atom stereocenters.